The molecule has 0 spiro atoms. The summed E-state index contributed by atoms with van der Waals surface area (Å²) in [5.41, 5.74) is 0.151. The van der Waals surface area contributed by atoms with Gasteiger partial charge in [-0.1, -0.05) is 12.8 Å². The first kappa shape index (κ1) is 11.1. The second-order valence-corrected chi connectivity index (χ2v) is 4.65. The predicted octanol–water partition coefficient (Wildman–Crippen LogP) is 3.20. The van der Waals surface area contributed by atoms with Gasteiger partial charge in [0.25, 0.3) is 0 Å². The Bertz CT molecular complexity index is 617. The summed E-state index contributed by atoms with van der Waals surface area (Å²) in [4.78, 5) is 9.96. The van der Waals surface area contributed by atoms with E-state index in [4.69, 9.17) is 0 Å². The van der Waals surface area contributed by atoms with Crippen LogP contribution >= 0.6 is 0 Å². The van der Waals surface area contributed by atoms with Crippen molar-refractivity contribution in [1.82, 2.24) is 9.78 Å². The third-order valence-corrected chi connectivity index (χ3v) is 3.53. The maximum Gasteiger partial charge on any atom is 0.305 e. The van der Waals surface area contributed by atoms with E-state index < -0.39 is 16.4 Å². The van der Waals surface area contributed by atoms with Crippen molar-refractivity contribution in [3.05, 3.63) is 34.3 Å². The number of hydrogen-bond acceptors (Lipinski definition) is 3. The van der Waals surface area contributed by atoms with Crippen molar-refractivity contribution in [1.29, 1.82) is 0 Å². The van der Waals surface area contributed by atoms with Gasteiger partial charge in [0, 0.05) is 17.5 Å². The first-order valence-corrected chi connectivity index (χ1v) is 5.98. The summed E-state index contributed by atoms with van der Waals surface area (Å²) in [6.07, 6.45) is 5.95. The molecule has 3 rings (SSSR count). The van der Waals surface area contributed by atoms with Gasteiger partial charge in [-0.15, -0.1) is 0 Å². The predicted molar refractivity (Wildman–Crippen MR) is 63.9 cm³/mol. The van der Waals surface area contributed by atoms with Crippen LogP contribution in [0.1, 0.15) is 31.7 Å². The standard InChI is InChI=1S/C12H12FN3O2/c13-10-6-11-8(5-12(10)16(17)18)7-14-15(11)9-3-1-2-4-9/h5-7,9H,1-4H2. The molecule has 6 heteroatoms. The molecule has 0 aliphatic heterocycles. The molecule has 0 bridgehead atoms. The molecular formula is C12H12FN3O2. The van der Waals surface area contributed by atoms with E-state index in [1.807, 2.05) is 0 Å². The fourth-order valence-electron chi connectivity index (χ4n) is 2.64. The average Bonchev–Trinajstić information content (AvgIpc) is 2.94. The van der Waals surface area contributed by atoms with Crippen LogP contribution in [0.2, 0.25) is 0 Å². The molecule has 1 aromatic heterocycles. The molecule has 0 atom stereocenters. The van der Waals surface area contributed by atoms with Gasteiger partial charge >= 0.3 is 5.69 Å². The number of benzene rings is 1. The molecule has 1 aliphatic rings. The van der Waals surface area contributed by atoms with E-state index in [2.05, 4.69) is 5.10 Å². The highest BCUT2D eigenvalue weighted by Gasteiger charge is 2.22. The Morgan fingerprint density at radius 2 is 2.11 bits per heavy atom. The molecule has 1 aromatic carbocycles. The average molecular weight is 249 g/mol. The highest BCUT2D eigenvalue weighted by atomic mass is 19.1. The molecule has 5 nitrogen and oxygen atoms in total. The summed E-state index contributed by atoms with van der Waals surface area (Å²) in [6.45, 7) is 0. The van der Waals surface area contributed by atoms with Crippen molar-refractivity contribution in [2.24, 2.45) is 0 Å². The molecule has 0 unspecified atom stereocenters. The van der Waals surface area contributed by atoms with E-state index in [0.29, 0.717) is 16.9 Å². The number of nitrogens with zero attached hydrogens (tertiary/aromatic N) is 3. The van der Waals surface area contributed by atoms with Crippen LogP contribution in [0.5, 0.6) is 0 Å². The topological polar surface area (TPSA) is 61.0 Å². The van der Waals surface area contributed by atoms with Gasteiger partial charge in [-0.25, -0.2) is 0 Å². The zero-order valence-electron chi connectivity index (χ0n) is 9.67. The van der Waals surface area contributed by atoms with Crippen molar-refractivity contribution in [2.45, 2.75) is 31.7 Å². The first-order valence-electron chi connectivity index (χ1n) is 5.98. The quantitative estimate of drug-likeness (QED) is 0.606. The van der Waals surface area contributed by atoms with Crippen LogP contribution in [0.25, 0.3) is 10.9 Å². The van der Waals surface area contributed by atoms with E-state index in [0.717, 1.165) is 25.7 Å². The highest BCUT2D eigenvalue weighted by Crippen LogP contribution is 2.33. The molecule has 0 amide bonds. The maximum absolute atomic E-state index is 13.6. The van der Waals surface area contributed by atoms with Gasteiger partial charge in [-0.05, 0) is 12.8 Å². The van der Waals surface area contributed by atoms with Crippen LogP contribution in [0.15, 0.2) is 18.3 Å². The number of halogens is 1. The lowest BCUT2D eigenvalue weighted by atomic mass is 10.2. The van der Waals surface area contributed by atoms with Gasteiger partial charge in [-0.3, -0.25) is 14.8 Å². The van der Waals surface area contributed by atoms with Crippen molar-refractivity contribution in [3.8, 4) is 0 Å². The minimum atomic E-state index is -0.799. The van der Waals surface area contributed by atoms with Crippen molar-refractivity contribution < 1.29 is 9.31 Å². The van der Waals surface area contributed by atoms with Gasteiger partial charge < -0.3 is 0 Å². The smallest absolute Gasteiger partial charge is 0.262 e. The molecule has 2 aromatic rings. The van der Waals surface area contributed by atoms with Crippen LogP contribution in [0.3, 0.4) is 0 Å². The van der Waals surface area contributed by atoms with Crippen LogP contribution in [0.4, 0.5) is 10.1 Å². The highest BCUT2D eigenvalue weighted by molar-refractivity contribution is 5.81. The number of nitro benzene ring substituents is 1. The second kappa shape index (κ2) is 4.04. The summed E-state index contributed by atoms with van der Waals surface area (Å²) in [5.74, 6) is -0.799. The van der Waals surface area contributed by atoms with Crippen LogP contribution in [0, 0.1) is 15.9 Å². The summed E-state index contributed by atoms with van der Waals surface area (Å²) in [6, 6.07) is 2.77. The molecule has 94 valence electrons. The largest absolute Gasteiger partial charge is 0.305 e. The Kier molecular flexibility index (Phi) is 2.50. The van der Waals surface area contributed by atoms with Gasteiger partial charge in [0.05, 0.1) is 22.7 Å². The Morgan fingerprint density at radius 3 is 2.78 bits per heavy atom. The zero-order valence-corrected chi connectivity index (χ0v) is 9.67. The van der Waals surface area contributed by atoms with Crippen LogP contribution in [-0.2, 0) is 0 Å². The SMILES string of the molecule is O=[N+]([O-])c1cc2cnn(C3CCCC3)c2cc1F. The first-order chi connectivity index (χ1) is 8.66. The summed E-state index contributed by atoms with van der Waals surface area (Å²) < 4.78 is 15.4. The normalized spacial score (nSPS) is 16.5. The van der Waals surface area contributed by atoms with E-state index in [9.17, 15) is 14.5 Å². The van der Waals surface area contributed by atoms with E-state index >= 15 is 0 Å². The van der Waals surface area contributed by atoms with Crippen LogP contribution < -0.4 is 0 Å². The molecule has 1 saturated carbocycles. The van der Waals surface area contributed by atoms with Crippen molar-refractivity contribution in [3.63, 3.8) is 0 Å². The number of aromatic nitrogens is 2. The Hall–Kier alpha value is -1.98. The third-order valence-electron chi connectivity index (χ3n) is 3.53. The fourth-order valence-corrected chi connectivity index (χ4v) is 2.64. The van der Waals surface area contributed by atoms with Gasteiger partial charge in [-0.2, -0.15) is 9.49 Å². The van der Waals surface area contributed by atoms with Crippen molar-refractivity contribution >= 4 is 16.6 Å². The van der Waals surface area contributed by atoms with E-state index in [-0.39, 0.29) is 0 Å². The molecule has 0 N–H and O–H groups in total. The summed E-state index contributed by atoms with van der Waals surface area (Å²) >= 11 is 0. The Balaban J connectivity index is 2.14. The molecule has 0 radical (unpaired) electrons. The van der Waals surface area contributed by atoms with E-state index in [1.165, 1.54) is 12.1 Å². The number of nitro groups is 1. The number of hydrogen-bond donors (Lipinski definition) is 0. The van der Waals surface area contributed by atoms with Crippen LogP contribution in [-0.4, -0.2) is 14.7 Å². The second-order valence-electron chi connectivity index (χ2n) is 4.65. The summed E-state index contributed by atoms with van der Waals surface area (Å²) in [7, 11) is 0. The maximum atomic E-state index is 13.6. The lowest BCUT2D eigenvalue weighted by Crippen LogP contribution is -2.06. The minimum absolute atomic E-state index is 0.295. The zero-order chi connectivity index (χ0) is 12.7. The lowest BCUT2D eigenvalue weighted by molar-refractivity contribution is -0.387. The Morgan fingerprint density at radius 1 is 1.39 bits per heavy atom. The third kappa shape index (κ3) is 1.64. The van der Waals surface area contributed by atoms with Crippen molar-refractivity contribution in [2.75, 3.05) is 0 Å². The number of rotatable bonds is 2. The Labute approximate surface area is 102 Å². The van der Waals surface area contributed by atoms with Gasteiger partial charge in [0.2, 0.25) is 5.82 Å². The molecule has 1 fully saturated rings. The van der Waals surface area contributed by atoms with Gasteiger partial charge in [0.15, 0.2) is 0 Å². The number of fused-ring (bicyclic) bond motifs is 1. The molecular weight excluding hydrogens is 237 g/mol. The van der Waals surface area contributed by atoms with E-state index in [1.54, 1.807) is 10.9 Å². The summed E-state index contributed by atoms with van der Waals surface area (Å²) in [5, 5.41) is 15.5. The monoisotopic (exact) mass is 249 g/mol. The van der Waals surface area contributed by atoms with Gasteiger partial charge in [0.1, 0.15) is 0 Å². The molecule has 1 aliphatic carbocycles. The molecule has 18 heavy (non-hydrogen) atoms. The lowest BCUT2D eigenvalue weighted by Gasteiger charge is -2.11. The molecule has 0 saturated heterocycles. The fraction of sp³-hybridized carbons (Fsp3) is 0.417. The molecule has 1 heterocycles. The minimum Gasteiger partial charge on any atom is -0.262 e.